The number of piperidine rings is 1. The van der Waals surface area contributed by atoms with Crippen molar-refractivity contribution in [3.63, 3.8) is 0 Å². The molecular weight excluding hydrogens is 480 g/mol. The minimum atomic E-state index is -4.61. The second kappa shape index (κ2) is 10.4. The van der Waals surface area contributed by atoms with Crippen molar-refractivity contribution >= 4 is 22.8 Å². The maximum Gasteiger partial charge on any atom is 0.416 e. The van der Waals surface area contributed by atoms with Crippen LogP contribution in [0.3, 0.4) is 0 Å². The number of carbonyl (C=O) groups is 1. The molecule has 0 bridgehead atoms. The molecule has 0 saturated carbocycles. The van der Waals surface area contributed by atoms with Gasteiger partial charge in [0.15, 0.2) is 0 Å². The fourth-order valence-corrected chi connectivity index (χ4v) is 4.66. The van der Waals surface area contributed by atoms with E-state index in [2.05, 4.69) is 9.97 Å². The zero-order valence-electron chi connectivity index (χ0n) is 19.7. The van der Waals surface area contributed by atoms with E-state index in [0.29, 0.717) is 55.5 Å². The van der Waals surface area contributed by atoms with Crippen LogP contribution in [0.1, 0.15) is 24.5 Å². The molecule has 0 aliphatic carbocycles. The highest BCUT2D eigenvalue weighted by Gasteiger charge is 2.32. The molecule has 0 radical (unpaired) electrons. The molecule has 3 N–H and O–H groups in total. The fourth-order valence-electron chi connectivity index (χ4n) is 4.66. The van der Waals surface area contributed by atoms with Crippen LogP contribution in [-0.2, 0) is 24.1 Å². The minimum Gasteiger partial charge on any atom is -0.391 e. The van der Waals surface area contributed by atoms with Gasteiger partial charge in [0.05, 0.1) is 23.6 Å². The van der Waals surface area contributed by atoms with Crippen molar-refractivity contribution in [3.05, 3.63) is 53.7 Å². The summed E-state index contributed by atoms with van der Waals surface area (Å²) in [6, 6.07) is 4.37. The summed E-state index contributed by atoms with van der Waals surface area (Å²) in [6.45, 7) is 3.94. The van der Waals surface area contributed by atoms with Crippen LogP contribution in [-0.4, -0.2) is 62.7 Å². The molecule has 1 aromatic carbocycles. The first-order chi connectivity index (χ1) is 17.1. The lowest BCUT2D eigenvalue weighted by Crippen LogP contribution is -2.47. The van der Waals surface area contributed by atoms with E-state index in [-0.39, 0.29) is 24.6 Å². The third kappa shape index (κ3) is 5.59. The predicted molar refractivity (Wildman–Crippen MR) is 125 cm³/mol. The number of fused-ring (bicyclic) bond motifs is 1. The Morgan fingerprint density at radius 2 is 2.06 bits per heavy atom. The first-order valence-corrected chi connectivity index (χ1v) is 11.7. The summed E-state index contributed by atoms with van der Waals surface area (Å²) in [6.07, 6.45) is -1.33. The molecule has 4 rings (SSSR count). The van der Waals surface area contributed by atoms with Gasteiger partial charge in [-0.1, -0.05) is 6.07 Å². The van der Waals surface area contributed by atoms with Gasteiger partial charge in [-0.3, -0.25) is 9.69 Å². The van der Waals surface area contributed by atoms with Crippen molar-refractivity contribution in [1.29, 1.82) is 0 Å². The summed E-state index contributed by atoms with van der Waals surface area (Å²) in [7, 11) is 0. The molecule has 2 unspecified atom stereocenters. The summed E-state index contributed by atoms with van der Waals surface area (Å²) in [5.74, 6) is -0.871. The summed E-state index contributed by atoms with van der Waals surface area (Å²) in [4.78, 5) is 23.5. The first-order valence-electron chi connectivity index (χ1n) is 11.7. The van der Waals surface area contributed by atoms with E-state index in [1.54, 1.807) is 4.90 Å². The Morgan fingerprint density at radius 1 is 1.28 bits per heavy atom. The fraction of sp³-hybridized carbons (Fsp3) is 0.458. The molecule has 36 heavy (non-hydrogen) atoms. The summed E-state index contributed by atoms with van der Waals surface area (Å²) in [5, 5.41) is 11.3. The Labute approximate surface area is 205 Å². The van der Waals surface area contributed by atoms with Gasteiger partial charge in [0.1, 0.15) is 23.6 Å². The van der Waals surface area contributed by atoms with Crippen LogP contribution in [0, 0.1) is 11.7 Å². The second-order valence-corrected chi connectivity index (χ2v) is 9.04. The number of alkyl halides is 3. The lowest BCUT2D eigenvalue weighted by Gasteiger charge is -2.35. The lowest BCUT2D eigenvalue weighted by molar-refractivity contribution is -0.137. The Balaban J connectivity index is 1.53. The molecule has 1 fully saturated rings. The number of nitrogens with zero attached hydrogens (tertiary/aromatic N) is 5. The van der Waals surface area contributed by atoms with Gasteiger partial charge in [-0.15, -0.1) is 0 Å². The third-order valence-corrected chi connectivity index (χ3v) is 6.57. The van der Waals surface area contributed by atoms with Crippen molar-refractivity contribution in [1.82, 2.24) is 19.4 Å². The van der Waals surface area contributed by atoms with Crippen molar-refractivity contribution in [2.24, 2.45) is 11.7 Å². The van der Waals surface area contributed by atoms with Gasteiger partial charge in [0.2, 0.25) is 5.91 Å². The zero-order chi connectivity index (χ0) is 26.0. The van der Waals surface area contributed by atoms with Crippen LogP contribution in [0.4, 0.5) is 23.4 Å². The Hall–Kier alpha value is -3.25. The van der Waals surface area contributed by atoms with Gasteiger partial charge < -0.3 is 20.3 Å². The van der Waals surface area contributed by atoms with Crippen LogP contribution in [0.5, 0.6) is 0 Å². The van der Waals surface area contributed by atoms with Gasteiger partial charge in [-0.2, -0.15) is 13.2 Å². The smallest absolute Gasteiger partial charge is 0.391 e. The molecular formula is C24H28F4N6O2. The van der Waals surface area contributed by atoms with Gasteiger partial charge in [-0.25, -0.2) is 14.4 Å². The number of aromatic nitrogens is 3. The number of primary amides is 1. The van der Waals surface area contributed by atoms with E-state index < -0.39 is 29.6 Å². The number of amides is 1. The molecule has 3 aromatic rings. The maximum atomic E-state index is 14.5. The number of nitrogens with two attached hydrogens (primary N) is 1. The van der Waals surface area contributed by atoms with Crippen LogP contribution < -0.4 is 10.6 Å². The Kier molecular flexibility index (Phi) is 7.46. The van der Waals surface area contributed by atoms with Crippen LogP contribution in [0.15, 0.2) is 36.8 Å². The Morgan fingerprint density at radius 3 is 2.69 bits per heavy atom. The standard InChI is InChI=1S/C24H28F4N6O2/c1-2-33(10-15-3-4-17(9-19(15)25)24(26,27)28)22-18-6-8-34(23(18)31-14-30-22)11-16-5-7-32(12-20(16)35)13-21(29)36/h3-4,6,8-9,14,16,20,35H,2,5,7,10-13H2,1H3,(H2,29,36). The number of halogens is 4. The molecule has 8 nitrogen and oxygen atoms in total. The topological polar surface area (TPSA) is 101 Å². The number of hydrogen-bond donors (Lipinski definition) is 2. The van der Waals surface area contributed by atoms with Gasteiger partial charge in [0, 0.05) is 43.9 Å². The van der Waals surface area contributed by atoms with Crippen LogP contribution in [0.25, 0.3) is 11.0 Å². The third-order valence-electron chi connectivity index (χ3n) is 6.57. The van der Waals surface area contributed by atoms with E-state index >= 15 is 0 Å². The molecule has 1 amide bonds. The molecule has 12 heteroatoms. The molecule has 194 valence electrons. The number of likely N-dealkylation sites (tertiary alicyclic amines) is 1. The van der Waals surface area contributed by atoms with Gasteiger partial charge in [0.25, 0.3) is 0 Å². The number of aliphatic hydroxyl groups excluding tert-OH is 1. The van der Waals surface area contributed by atoms with Gasteiger partial charge in [-0.05, 0) is 38.1 Å². The van der Waals surface area contributed by atoms with E-state index in [1.165, 1.54) is 6.33 Å². The first kappa shape index (κ1) is 25.8. The number of carbonyl (C=O) groups excluding carboxylic acids is 1. The molecule has 3 heterocycles. The number of benzene rings is 1. The van der Waals surface area contributed by atoms with E-state index in [4.69, 9.17) is 5.73 Å². The van der Waals surface area contributed by atoms with E-state index in [9.17, 15) is 27.5 Å². The molecule has 1 saturated heterocycles. The van der Waals surface area contributed by atoms with E-state index in [0.717, 1.165) is 12.1 Å². The quantitative estimate of drug-likeness (QED) is 0.454. The van der Waals surface area contributed by atoms with Crippen molar-refractivity contribution in [2.75, 3.05) is 31.1 Å². The Bertz CT molecular complexity index is 1230. The molecule has 1 aliphatic rings. The molecule has 1 aliphatic heterocycles. The molecule has 2 atom stereocenters. The number of rotatable bonds is 8. The predicted octanol–water partition coefficient (Wildman–Crippen LogP) is 2.78. The van der Waals surface area contributed by atoms with Crippen LogP contribution >= 0.6 is 0 Å². The summed E-state index contributed by atoms with van der Waals surface area (Å²) in [5.41, 5.74) is 4.99. The van der Waals surface area contributed by atoms with Gasteiger partial charge >= 0.3 is 6.18 Å². The average Bonchev–Trinajstić information content (AvgIpc) is 3.22. The summed E-state index contributed by atoms with van der Waals surface area (Å²) >= 11 is 0. The van der Waals surface area contributed by atoms with Crippen molar-refractivity contribution < 1.29 is 27.5 Å². The van der Waals surface area contributed by atoms with Crippen LogP contribution in [0.2, 0.25) is 0 Å². The number of anilines is 1. The maximum absolute atomic E-state index is 14.5. The highest BCUT2D eigenvalue weighted by molar-refractivity contribution is 5.87. The largest absolute Gasteiger partial charge is 0.416 e. The van der Waals surface area contributed by atoms with E-state index in [1.807, 2.05) is 28.7 Å². The lowest BCUT2D eigenvalue weighted by atomic mass is 9.93. The highest BCUT2D eigenvalue weighted by atomic mass is 19.4. The minimum absolute atomic E-state index is 0.0365. The monoisotopic (exact) mass is 508 g/mol. The van der Waals surface area contributed by atoms with Crippen molar-refractivity contribution in [3.8, 4) is 0 Å². The number of aliphatic hydroxyl groups is 1. The highest BCUT2D eigenvalue weighted by Crippen LogP contribution is 2.32. The normalized spacial score (nSPS) is 19.1. The second-order valence-electron chi connectivity index (χ2n) is 9.04. The number of hydrogen-bond acceptors (Lipinski definition) is 6. The molecule has 2 aromatic heterocycles. The number of β-amino-alcohol motifs (C(OH)–C–C–N with tert-alkyl or cyclic N) is 1. The average molecular weight is 509 g/mol. The zero-order valence-corrected chi connectivity index (χ0v) is 19.7. The SMILES string of the molecule is CCN(Cc1ccc(C(F)(F)F)cc1F)c1ncnc2c1ccn2CC1CCN(CC(N)=O)CC1O. The molecule has 0 spiro atoms. The van der Waals surface area contributed by atoms with Crippen molar-refractivity contribution in [2.45, 2.75) is 38.7 Å². The summed E-state index contributed by atoms with van der Waals surface area (Å²) < 4.78 is 55.1.